The van der Waals surface area contributed by atoms with Gasteiger partial charge in [-0.15, -0.1) is 0 Å². The lowest BCUT2D eigenvalue weighted by Crippen LogP contribution is -2.33. The molecule has 0 spiro atoms. The van der Waals surface area contributed by atoms with E-state index in [1.54, 1.807) is 0 Å². The number of hydrogen-bond donors (Lipinski definition) is 2. The number of nitrogens with two attached hydrogens (primary N) is 1. The molecule has 1 unspecified atom stereocenters. The molecule has 0 aliphatic heterocycles. The Morgan fingerprint density at radius 1 is 1.03 bits per heavy atom. The predicted molar refractivity (Wildman–Crippen MR) is 118 cm³/mol. The van der Waals surface area contributed by atoms with Crippen molar-refractivity contribution in [3.05, 3.63) is 71.8 Å². The van der Waals surface area contributed by atoms with E-state index in [0.717, 1.165) is 49.1 Å². The molecule has 5 rings (SSSR count). The van der Waals surface area contributed by atoms with Crippen LogP contribution in [0.2, 0.25) is 0 Å². The molecular weight excluding hydrogens is 358 g/mol. The number of pyridine rings is 2. The molecule has 0 amide bonds. The molecule has 3 aromatic heterocycles. The number of fused-ring (bicyclic) bond motifs is 4. The van der Waals surface area contributed by atoms with Crippen molar-refractivity contribution in [2.24, 2.45) is 5.73 Å². The second-order valence-corrected chi connectivity index (χ2v) is 7.92. The summed E-state index contributed by atoms with van der Waals surface area (Å²) in [7, 11) is 0. The summed E-state index contributed by atoms with van der Waals surface area (Å²) < 4.78 is 0. The fourth-order valence-electron chi connectivity index (χ4n) is 4.72. The molecule has 5 heteroatoms. The van der Waals surface area contributed by atoms with Gasteiger partial charge in [-0.2, -0.15) is 0 Å². The quantitative estimate of drug-likeness (QED) is 0.518. The van der Waals surface area contributed by atoms with Gasteiger partial charge >= 0.3 is 0 Å². The maximum absolute atomic E-state index is 5.87. The van der Waals surface area contributed by atoms with Crippen molar-refractivity contribution < 1.29 is 0 Å². The van der Waals surface area contributed by atoms with Crippen molar-refractivity contribution in [2.45, 2.75) is 38.3 Å². The van der Waals surface area contributed by atoms with Crippen LogP contribution < -0.4 is 5.73 Å². The first-order valence-corrected chi connectivity index (χ1v) is 10.6. The Labute approximate surface area is 171 Å². The van der Waals surface area contributed by atoms with E-state index in [1.807, 2.05) is 12.4 Å². The highest BCUT2D eigenvalue weighted by atomic mass is 15.2. The molecule has 3 heterocycles. The Bertz CT molecular complexity index is 1130. The smallest absolute Gasteiger partial charge is 0.0784 e. The van der Waals surface area contributed by atoms with Crippen molar-refractivity contribution in [1.82, 2.24) is 19.9 Å². The van der Waals surface area contributed by atoms with Crippen LogP contribution in [0.25, 0.3) is 21.8 Å². The zero-order chi connectivity index (χ0) is 19.6. The lowest BCUT2D eigenvalue weighted by Gasteiger charge is -2.35. The summed E-state index contributed by atoms with van der Waals surface area (Å²) in [6.45, 7) is 2.45. The monoisotopic (exact) mass is 385 g/mol. The van der Waals surface area contributed by atoms with Crippen LogP contribution in [-0.4, -0.2) is 32.9 Å². The molecule has 0 saturated heterocycles. The molecular formula is C24H27N5. The summed E-state index contributed by atoms with van der Waals surface area (Å²) in [5.41, 5.74) is 11.9. The summed E-state index contributed by atoms with van der Waals surface area (Å²) in [6.07, 6.45) is 8.30. The number of aromatic nitrogens is 3. The van der Waals surface area contributed by atoms with E-state index in [-0.39, 0.29) is 0 Å². The van der Waals surface area contributed by atoms with E-state index in [9.17, 15) is 0 Å². The van der Waals surface area contributed by atoms with Gasteiger partial charge in [0.05, 0.1) is 22.9 Å². The Hall–Kier alpha value is -2.76. The third-order valence-electron chi connectivity index (χ3n) is 6.11. The van der Waals surface area contributed by atoms with E-state index >= 15 is 0 Å². The van der Waals surface area contributed by atoms with Gasteiger partial charge < -0.3 is 10.7 Å². The number of nitrogens with one attached hydrogen (secondary N) is 1. The number of aromatic amines is 1. The minimum Gasteiger partial charge on any atom is -0.353 e. The number of benzene rings is 1. The maximum Gasteiger partial charge on any atom is 0.0784 e. The van der Waals surface area contributed by atoms with Gasteiger partial charge in [0.2, 0.25) is 0 Å². The summed E-state index contributed by atoms with van der Waals surface area (Å²) >= 11 is 0. The second kappa shape index (κ2) is 7.93. The first-order valence-electron chi connectivity index (χ1n) is 10.6. The molecule has 0 saturated carbocycles. The van der Waals surface area contributed by atoms with Crippen LogP contribution in [0.1, 0.15) is 42.3 Å². The molecule has 1 aliphatic rings. The number of nitrogens with zero attached hydrogens (tertiary/aromatic N) is 3. The molecule has 1 aromatic carbocycles. The van der Waals surface area contributed by atoms with Gasteiger partial charge in [0.15, 0.2) is 0 Å². The van der Waals surface area contributed by atoms with Gasteiger partial charge in [0.1, 0.15) is 0 Å². The van der Waals surface area contributed by atoms with Gasteiger partial charge in [0.25, 0.3) is 0 Å². The van der Waals surface area contributed by atoms with Crippen LogP contribution in [0, 0.1) is 0 Å². The Balaban J connectivity index is 1.54. The highest BCUT2D eigenvalue weighted by molar-refractivity contribution is 6.07. The maximum atomic E-state index is 5.87. The van der Waals surface area contributed by atoms with E-state index in [4.69, 9.17) is 15.7 Å². The summed E-state index contributed by atoms with van der Waals surface area (Å²) in [5, 5.41) is 2.50. The fraction of sp³-hybridized carbons (Fsp3) is 0.333. The van der Waals surface area contributed by atoms with Gasteiger partial charge in [-0.1, -0.05) is 24.3 Å². The third kappa shape index (κ3) is 3.41. The van der Waals surface area contributed by atoms with Gasteiger partial charge in [0, 0.05) is 41.8 Å². The molecule has 148 valence electrons. The van der Waals surface area contributed by atoms with Crippen molar-refractivity contribution in [1.29, 1.82) is 0 Å². The average molecular weight is 386 g/mol. The number of aryl methyl sites for hydroxylation is 1. The fourth-order valence-corrected chi connectivity index (χ4v) is 4.72. The van der Waals surface area contributed by atoms with Crippen LogP contribution in [-0.2, 0) is 13.0 Å². The number of H-pyrrole nitrogens is 1. The summed E-state index contributed by atoms with van der Waals surface area (Å²) in [4.78, 5) is 15.7. The van der Waals surface area contributed by atoms with Crippen molar-refractivity contribution >= 4 is 21.8 Å². The zero-order valence-corrected chi connectivity index (χ0v) is 16.6. The van der Waals surface area contributed by atoms with Crippen molar-refractivity contribution in [3.63, 3.8) is 0 Å². The minimum absolute atomic E-state index is 0.327. The largest absolute Gasteiger partial charge is 0.353 e. The Morgan fingerprint density at radius 3 is 2.90 bits per heavy atom. The number of hydrogen-bond acceptors (Lipinski definition) is 4. The molecule has 0 bridgehead atoms. The Kier molecular flexibility index (Phi) is 5.00. The topological polar surface area (TPSA) is 70.8 Å². The summed E-state index contributed by atoms with van der Waals surface area (Å²) in [6, 6.07) is 15.2. The highest BCUT2D eigenvalue weighted by Gasteiger charge is 2.27. The predicted octanol–water partition coefficient (Wildman–Crippen LogP) is 4.34. The SMILES string of the molecule is NCCCN(Cc1nccc2c1[nH]c1ccccc12)C1CCCc2cccnc21. The van der Waals surface area contributed by atoms with E-state index < -0.39 is 0 Å². The molecule has 5 nitrogen and oxygen atoms in total. The molecule has 1 atom stereocenters. The normalized spacial score (nSPS) is 16.6. The van der Waals surface area contributed by atoms with E-state index in [0.29, 0.717) is 12.6 Å². The highest BCUT2D eigenvalue weighted by Crippen LogP contribution is 2.35. The van der Waals surface area contributed by atoms with Crippen molar-refractivity contribution in [2.75, 3.05) is 13.1 Å². The number of rotatable bonds is 6. The lowest BCUT2D eigenvalue weighted by atomic mass is 9.90. The molecule has 1 aliphatic carbocycles. The molecule has 3 N–H and O–H groups in total. The van der Waals surface area contributed by atoms with E-state index in [1.165, 1.54) is 28.5 Å². The van der Waals surface area contributed by atoms with Crippen LogP contribution in [0.4, 0.5) is 0 Å². The van der Waals surface area contributed by atoms with Crippen molar-refractivity contribution in [3.8, 4) is 0 Å². The molecule has 4 aromatic rings. The standard InChI is InChI=1S/C24H27N5/c25-12-5-15-29(22-10-3-6-17-7-4-13-27-23(17)22)16-21-24-19(11-14-26-21)18-8-1-2-9-20(18)28-24/h1-2,4,7-9,11,13-14,22,28H,3,5-6,10,12,15-16,25H2. The number of para-hydroxylation sites is 1. The van der Waals surface area contributed by atoms with Gasteiger partial charge in [-0.3, -0.25) is 14.9 Å². The second-order valence-electron chi connectivity index (χ2n) is 7.92. The van der Waals surface area contributed by atoms with Crippen LogP contribution >= 0.6 is 0 Å². The molecule has 29 heavy (non-hydrogen) atoms. The van der Waals surface area contributed by atoms with Gasteiger partial charge in [-0.25, -0.2) is 0 Å². The molecule has 0 fully saturated rings. The zero-order valence-electron chi connectivity index (χ0n) is 16.6. The minimum atomic E-state index is 0.327. The molecule has 0 radical (unpaired) electrons. The summed E-state index contributed by atoms with van der Waals surface area (Å²) in [5.74, 6) is 0. The van der Waals surface area contributed by atoms with E-state index in [2.05, 4.69) is 52.3 Å². The first kappa shape index (κ1) is 18.3. The average Bonchev–Trinajstić information content (AvgIpc) is 3.16. The van der Waals surface area contributed by atoms with Crippen LogP contribution in [0.5, 0.6) is 0 Å². The first-order chi connectivity index (χ1) is 14.3. The Morgan fingerprint density at radius 2 is 1.97 bits per heavy atom. The third-order valence-corrected chi connectivity index (χ3v) is 6.11. The van der Waals surface area contributed by atoms with Crippen LogP contribution in [0.3, 0.4) is 0 Å². The van der Waals surface area contributed by atoms with Crippen LogP contribution in [0.15, 0.2) is 54.9 Å². The lowest BCUT2D eigenvalue weighted by molar-refractivity contribution is 0.163. The van der Waals surface area contributed by atoms with Gasteiger partial charge in [-0.05, 0) is 56.0 Å².